The van der Waals surface area contributed by atoms with Crippen LogP contribution in [0, 0.1) is 6.92 Å². The van der Waals surface area contributed by atoms with Gasteiger partial charge in [0.1, 0.15) is 22.3 Å². The van der Waals surface area contributed by atoms with E-state index in [1.807, 2.05) is 6.07 Å². The van der Waals surface area contributed by atoms with Crippen LogP contribution in [-0.4, -0.2) is 40.7 Å². The molecule has 2 heterocycles. The zero-order valence-electron chi connectivity index (χ0n) is 19.1. The van der Waals surface area contributed by atoms with Gasteiger partial charge in [-0.3, -0.25) is 14.5 Å². The van der Waals surface area contributed by atoms with Crippen molar-refractivity contribution >= 4 is 33.9 Å². The first-order valence-electron chi connectivity index (χ1n) is 10.9. The van der Waals surface area contributed by atoms with E-state index in [1.165, 1.54) is 16.2 Å². The number of hydrogen-bond acceptors (Lipinski definition) is 8. The molecule has 9 heteroatoms. The molecule has 2 aromatic carbocycles. The fourth-order valence-corrected chi connectivity index (χ4v) is 4.46. The molecule has 0 bridgehead atoms. The Kier molecular flexibility index (Phi) is 6.93. The number of aryl methyl sites for hydroxylation is 1. The number of ketones is 1. The Morgan fingerprint density at radius 3 is 2.53 bits per heavy atom. The third-order valence-corrected chi connectivity index (χ3v) is 6.31. The summed E-state index contributed by atoms with van der Waals surface area (Å²) in [5, 5.41) is 20.2. The first-order valence-corrected chi connectivity index (χ1v) is 11.7. The number of anilines is 1. The minimum absolute atomic E-state index is 0.0197. The molecule has 1 aliphatic heterocycles. The van der Waals surface area contributed by atoms with Crippen LogP contribution in [0.1, 0.15) is 41.9 Å². The van der Waals surface area contributed by atoms with Gasteiger partial charge in [-0.2, -0.15) is 0 Å². The SMILES string of the molecule is CCCCOc1cccc(C2/C(=C(\O)c3ccc(OC)cc3)C(=O)C(=O)N2c2nnc(C)s2)c1. The number of hydrogen-bond donors (Lipinski definition) is 1. The Hall–Kier alpha value is -3.72. The fraction of sp³-hybridized carbons (Fsp3) is 0.280. The Labute approximate surface area is 201 Å². The van der Waals surface area contributed by atoms with Gasteiger partial charge in [0.05, 0.1) is 25.3 Å². The summed E-state index contributed by atoms with van der Waals surface area (Å²) in [6, 6.07) is 13.0. The van der Waals surface area contributed by atoms with Gasteiger partial charge >= 0.3 is 5.91 Å². The molecule has 1 atom stereocenters. The molecule has 176 valence electrons. The van der Waals surface area contributed by atoms with E-state index in [-0.39, 0.29) is 16.5 Å². The van der Waals surface area contributed by atoms with E-state index in [2.05, 4.69) is 17.1 Å². The first-order chi connectivity index (χ1) is 16.4. The highest BCUT2D eigenvalue weighted by molar-refractivity contribution is 7.15. The lowest BCUT2D eigenvalue weighted by molar-refractivity contribution is -0.132. The van der Waals surface area contributed by atoms with Gasteiger partial charge in [0.2, 0.25) is 5.13 Å². The zero-order valence-corrected chi connectivity index (χ0v) is 20.0. The van der Waals surface area contributed by atoms with Crippen LogP contribution in [0.15, 0.2) is 54.1 Å². The molecular weight excluding hydrogens is 454 g/mol. The highest BCUT2D eigenvalue weighted by Crippen LogP contribution is 2.43. The number of unbranched alkanes of at least 4 members (excludes halogenated alkanes) is 1. The molecule has 1 aliphatic rings. The maximum Gasteiger partial charge on any atom is 0.301 e. The van der Waals surface area contributed by atoms with E-state index in [9.17, 15) is 14.7 Å². The summed E-state index contributed by atoms with van der Waals surface area (Å²) in [6.45, 7) is 4.41. The van der Waals surface area contributed by atoms with E-state index >= 15 is 0 Å². The average Bonchev–Trinajstić information content (AvgIpc) is 3.39. The normalized spacial score (nSPS) is 17.3. The van der Waals surface area contributed by atoms with Gasteiger partial charge in [-0.15, -0.1) is 10.2 Å². The van der Waals surface area contributed by atoms with Crippen molar-refractivity contribution in [2.45, 2.75) is 32.7 Å². The second-order valence-corrected chi connectivity index (χ2v) is 8.94. The Morgan fingerprint density at radius 2 is 1.88 bits per heavy atom. The molecule has 0 saturated carbocycles. The van der Waals surface area contributed by atoms with Gasteiger partial charge in [-0.25, -0.2) is 0 Å². The number of methoxy groups -OCH3 is 1. The number of amides is 1. The smallest absolute Gasteiger partial charge is 0.301 e. The van der Waals surface area contributed by atoms with Crippen molar-refractivity contribution in [1.29, 1.82) is 0 Å². The summed E-state index contributed by atoms with van der Waals surface area (Å²) in [7, 11) is 1.54. The lowest BCUT2D eigenvalue weighted by Crippen LogP contribution is -2.29. The molecule has 34 heavy (non-hydrogen) atoms. The average molecular weight is 480 g/mol. The molecule has 3 aromatic rings. The Bertz CT molecular complexity index is 1240. The number of aliphatic hydroxyl groups is 1. The van der Waals surface area contributed by atoms with E-state index in [0.29, 0.717) is 34.2 Å². The molecular formula is C25H25N3O5S. The highest BCUT2D eigenvalue weighted by Gasteiger charge is 2.48. The third kappa shape index (κ3) is 4.51. The molecule has 0 spiro atoms. The van der Waals surface area contributed by atoms with Gasteiger partial charge in [0.25, 0.3) is 5.78 Å². The number of benzene rings is 2. The quantitative estimate of drug-likeness (QED) is 0.217. The van der Waals surface area contributed by atoms with Crippen LogP contribution in [0.4, 0.5) is 5.13 Å². The van der Waals surface area contributed by atoms with Crippen molar-refractivity contribution in [2.75, 3.05) is 18.6 Å². The summed E-state index contributed by atoms with van der Waals surface area (Å²) in [6.07, 6.45) is 1.91. The Balaban J connectivity index is 1.85. The predicted octanol–water partition coefficient (Wildman–Crippen LogP) is 4.66. The maximum absolute atomic E-state index is 13.2. The van der Waals surface area contributed by atoms with Crippen LogP contribution in [-0.2, 0) is 9.59 Å². The predicted molar refractivity (Wildman–Crippen MR) is 129 cm³/mol. The molecule has 8 nitrogen and oxygen atoms in total. The molecule has 1 unspecified atom stereocenters. The van der Waals surface area contributed by atoms with Crippen LogP contribution < -0.4 is 14.4 Å². The topological polar surface area (TPSA) is 102 Å². The maximum atomic E-state index is 13.2. The fourth-order valence-electron chi connectivity index (χ4n) is 3.74. The Morgan fingerprint density at radius 1 is 1.12 bits per heavy atom. The second kappa shape index (κ2) is 10.0. The molecule has 1 aromatic heterocycles. The van der Waals surface area contributed by atoms with Crippen LogP contribution >= 0.6 is 11.3 Å². The number of rotatable bonds is 8. The number of carbonyl (C=O) groups is 2. The van der Waals surface area contributed by atoms with Crippen molar-refractivity contribution in [1.82, 2.24) is 10.2 Å². The van der Waals surface area contributed by atoms with Crippen molar-refractivity contribution in [2.24, 2.45) is 0 Å². The van der Waals surface area contributed by atoms with Crippen LogP contribution in [0.25, 0.3) is 5.76 Å². The van der Waals surface area contributed by atoms with Gasteiger partial charge < -0.3 is 14.6 Å². The van der Waals surface area contributed by atoms with Crippen molar-refractivity contribution < 1.29 is 24.2 Å². The summed E-state index contributed by atoms with van der Waals surface area (Å²) >= 11 is 1.20. The number of nitrogens with zero attached hydrogens (tertiary/aromatic N) is 3. The van der Waals surface area contributed by atoms with Gasteiger partial charge in [0, 0.05) is 5.56 Å². The van der Waals surface area contributed by atoms with Crippen molar-refractivity contribution in [3.8, 4) is 11.5 Å². The van der Waals surface area contributed by atoms with E-state index in [0.717, 1.165) is 12.8 Å². The van der Waals surface area contributed by atoms with Gasteiger partial charge in [-0.05, 0) is 55.3 Å². The van der Waals surface area contributed by atoms with Crippen LogP contribution in [0.5, 0.6) is 11.5 Å². The number of Topliss-reactive ketones (excluding diaryl/α,β-unsaturated/α-hetero) is 1. The van der Waals surface area contributed by atoms with Crippen LogP contribution in [0.2, 0.25) is 0 Å². The van der Waals surface area contributed by atoms with Gasteiger partial charge in [0.15, 0.2) is 0 Å². The van der Waals surface area contributed by atoms with E-state index in [4.69, 9.17) is 9.47 Å². The number of aliphatic hydroxyl groups excluding tert-OH is 1. The van der Waals surface area contributed by atoms with E-state index < -0.39 is 17.7 Å². The molecule has 0 radical (unpaired) electrons. The monoisotopic (exact) mass is 479 g/mol. The lowest BCUT2D eigenvalue weighted by Gasteiger charge is -2.23. The minimum atomic E-state index is -0.885. The van der Waals surface area contributed by atoms with Crippen molar-refractivity contribution in [3.05, 3.63) is 70.2 Å². The zero-order chi connectivity index (χ0) is 24.2. The molecule has 1 saturated heterocycles. The first kappa shape index (κ1) is 23.4. The molecule has 0 aliphatic carbocycles. The van der Waals surface area contributed by atoms with Crippen molar-refractivity contribution in [3.63, 3.8) is 0 Å². The second-order valence-electron chi connectivity index (χ2n) is 7.78. The number of carbonyl (C=O) groups excluding carboxylic acids is 2. The number of aromatic nitrogens is 2. The third-order valence-electron chi connectivity index (χ3n) is 5.47. The molecule has 1 amide bonds. The summed E-state index contributed by atoms with van der Waals surface area (Å²) < 4.78 is 11.0. The lowest BCUT2D eigenvalue weighted by atomic mass is 9.95. The van der Waals surface area contributed by atoms with E-state index in [1.54, 1.807) is 56.5 Å². The standard InChI is InChI=1S/C25H25N3O5S/c1-4-5-13-33-19-8-6-7-17(14-19)21-20(22(29)16-9-11-18(32-3)12-10-16)23(30)24(31)28(21)25-27-26-15(2)34-25/h6-12,14,21,29H,4-5,13H2,1-3H3/b22-20+. The molecule has 1 fully saturated rings. The molecule has 4 rings (SSSR count). The number of ether oxygens (including phenoxy) is 2. The minimum Gasteiger partial charge on any atom is -0.507 e. The molecule has 1 N–H and O–H groups in total. The summed E-state index contributed by atoms with van der Waals surface area (Å²) in [4.78, 5) is 27.7. The van der Waals surface area contributed by atoms with Crippen LogP contribution in [0.3, 0.4) is 0 Å². The summed E-state index contributed by atoms with van der Waals surface area (Å²) in [5.41, 5.74) is 0.998. The van der Waals surface area contributed by atoms with Gasteiger partial charge in [-0.1, -0.05) is 36.8 Å². The summed E-state index contributed by atoms with van der Waals surface area (Å²) in [5.74, 6) is -0.603. The largest absolute Gasteiger partial charge is 0.507 e. The highest BCUT2D eigenvalue weighted by atomic mass is 32.1.